The molecule has 0 aliphatic rings. The highest BCUT2D eigenvalue weighted by Crippen LogP contribution is 2.25. The van der Waals surface area contributed by atoms with Crippen molar-refractivity contribution in [3.05, 3.63) is 40.1 Å². The Bertz CT molecular complexity index is 755. The van der Waals surface area contributed by atoms with Crippen molar-refractivity contribution in [1.29, 1.82) is 0 Å². The van der Waals surface area contributed by atoms with Crippen molar-refractivity contribution in [2.45, 2.75) is 11.8 Å². The second-order valence-corrected chi connectivity index (χ2v) is 5.30. The fourth-order valence-electron chi connectivity index (χ4n) is 1.66. The van der Waals surface area contributed by atoms with Crippen molar-refractivity contribution in [3.8, 4) is 0 Å². The normalized spacial score (nSPS) is 11.7. The van der Waals surface area contributed by atoms with Gasteiger partial charge in [-0.05, 0) is 19.1 Å². The van der Waals surface area contributed by atoms with Gasteiger partial charge in [0, 0.05) is 23.2 Å². The fraction of sp³-hybridized carbons (Fsp3) is 0.100. The van der Waals surface area contributed by atoms with Gasteiger partial charge in [-0.2, -0.15) is 0 Å². The molecule has 0 spiro atoms. The Morgan fingerprint density at radius 1 is 1.33 bits per heavy atom. The number of hydrogen-bond donors (Lipinski definition) is 1. The molecule has 0 saturated carbocycles. The van der Waals surface area contributed by atoms with Crippen LogP contribution >= 0.6 is 0 Å². The van der Waals surface area contributed by atoms with E-state index < -0.39 is 14.9 Å². The van der Waals surface area contributed by atoms with Gasteiger partial charge in [0.2, 0.25) is 10.0 Å². The van der Waals surface area contributed by atoms with Crippen molar-refractivity contribution in [2.75, 3.05) is 0 Å². The molecule has 1 heterocycles. The highest BCUT2D eigenvalue weighted by molar-refractivity contribution is 7.89. The number of pyridine rings is 1. The number of nitrogens with two attached hydrogens (primary N) is 1. The second kappa shape index (κ2) is 4.00. The molecule has 8 heteroatoms. The van der Waals surface area contributed by atoms with Crippen LogP contribution in [0.15, 0.2) is 29.2 Å². The topological polar surface area (TPSA) is 116 Å². The molecule has 18 heavy (non-hydrogen) atoms. The van der Waals surface area contributed by atoms with Crippen molar-refractivity contribution >= 4 is 26.6 Å². The van der Waals surface area contributed by atoms with Crippen molar-refractivity contribution in [1.82, 2.24) is 4.98 Å². The summed E-state index contributed by atoms with van der Waals surface area (Å²) in [5, 5.41) is 15.9. The number of rotatable bonds is 2. The second-order valence-electron chi connectivity index (χ2n) is 3.77. The average Bonchev–Trinajstić information content (AvgIpc) is 2.25. The quantitative estimate of drug-likeness (QED) is 0.646. The largest absolute Gasteiger partial charge is 0.270 e. The van der Waals surface area contributed by atoms with Gasteiger partial charge in [0.1, 0.15) is 0 Å². The lowest BCUT2D eigenvalue weighted by molar-refractivity contribution is -0.384. The fourth-order valence-corrected chi connectivity index (χ4v) is 2.46. The number of benzene rings is 1. The lowest BCUT2D eigenvalue weighted by Crippen LogP contribution is -2.13. The Labute approximate surface area is 102 Å². The van der Waals surface area contributed by atoms with Crippen LogP contribution in [-0.2, 0) is 10.0 Å². The summed E-state index contributed by atoms with van der Waals surface area (Å²) in [7, 11) is -3.96. The SMILES string of the molecule is Cc1cc(S(N)(=O)=O)c2cc([N+](=O)[O-])ccc2n1. The smallest absolute Gasteiger partial charge is 0.258 e. The van der Waals surface area contributed by atoms with Gasteiger partial charge in [0.05, 0.1) is 15.3 Å². The minimum Gasteiger partial charge on any atom is -0.258 e. The molecule has 0 atom stereocenters. The highest BCUT2D eigenvalue weighted by atomic mass is 32.2. The summed E-state index contributed by atoms with van der Waals surface area (Å²) in [6.45, 7) is 1.62. The lowest BCUT2D eigenvalue weighted by Gasteiger charge is -2.05. The van der Waals surface area contributed by atoms with E-state index in [9.17, 15) is 18.5 Å². The summed E-state index contributed by atoms with van der Waals surface area (Å²) >= 11 is 0. The summed E-state index contributed by atoms with van der Waals surface area (Å²) in [4.78, 5) is 14.0. The predicted octanol–water partition coefficient (Wildman–Crippen LogP) is 1.10. The number of aromatic nitrogens is 1. The molecule has 0 fully saturated rings. The zero-order valence-corrected chi connectivity index (χ0v) is 10.1. The number of aryl methyl sites for hydroxylation is 1. The average molecular weight is 267 g/mol. The number of hydrogen-bond acceptors (Lipinski definition) is 5. The van der Waals surface area contributed by atoms with Crippen LogP contribution in [0.4, 0.5) is 5.69 Å². The summed E-state index contributed by atoms with van der Waals surface area (Å²) in [5.74, 6) is 0. The molecule has 0 aliphatic carbocycles. The summed E-state index contributed by atoms with van der Waals surface area (Å²) in [6, 6.07) is 5.11. The van der Waals surface area contributed by atoms with Gasteiger partial charge in [-0.25, -0.2) is 13.6 Å². The van der Waals surface area contributed by atoms with Crippen LogP contribution in [0.25, 0.3) is 10.9 Å². The molecule has 2 N–H and O–H groups in total. The number of fused-ring (bicyclic) bond motifs is 1. The maximum atomic E-state index is 11.5. The van der Waals surface area contributed by atoms with E-state index >= 15 is 0 Å². The van der Waals surface area contributed by atoms with E-state index in [0.29, 0.717) is 11.2 Å². The van der Waals surface area contributed by atoms with Gasteiger partial charge < -0.3 is 0 Å². The van der Waals surface area contributed by atoms with E-state index in [4.69, 9.17) is 5.14 Å². The van der Waals surface area contributed by atoms with Gasteiger partial charge in [-0.3, -0.25) is 15.1 Å². The molecule has 1 aromatic carbocycles. The number of nitro groups is 1. The third kappa shape index (κ3) is 2.15. The first-order valence-corrected chi connectivity index (χ1v) is 6.42. The Morgan fingerprint density at radius 3 is 2.56 bits per heavy atom. The van der Waals surface area contributed by atoms with E-state index in [-0.39, 0.29) is 16.0 Å². The molecule has 1 aromatic heterocycles. The lowest BCUT2D eigenvalue weighted by atomic mass is 10.2. The zero-order valence-electron chi connectivity index (χ0n) is 9.32. The number of nitrogens with zero attached hydrogens (tertiary/aromatic N) is 2. The molecule has 2 rings (SSSR count). The molecule has 0 aliphatic heterocycles. The summed E-state index contributed by atoms with van der Waals surface area (Å²) in [5.41, 5.74) is 0.614. The van der Waals surface area contributed by atoms with E-state index in [0.717, 1.165) is 6.07 Å². The van der Waals surface area contributed by atoms with Gasteiger partial charge in [0.25, 0.3) is 5.69 Å². The van der Waals surface area contributed by atoms with Gasteiger partial charge >= 0.3 is 0 Å². The van der Waals surface area contributed by atoms with E-state index in [2.05, 4.69) is 4.98 Å². The van der Waals surface area contributed by atoms with E-state index in [1.807, 2.05) is 0 Å². The standard InChI is InChI=1S/C10H9N3O4S/c1-6-4-10(18(11,16)17)8-5-7(13(14)15)2-3-9(8)12-6/h2-5H,1H3,(H2,11,16,17). The Balaban J connectivity index is 2.91. The monoisotopic (exact) mass is 267 g/mol. The first-order chi connectivity index (χ1) is 8.29. The Kier molecular flexibility index (Phi) is 2.76. The minimum atomic E-state index is -3.96. The molecule has 2 aromatic rings. The van der Waals surface area contributed by atoms with Crippen LogP contribution in [0.1, 0.15) is 5.69 Å². The number of nitro benzene ring substituents is 1. The molecule has 0 bridgehead atoms. The maximum absolute atomic E-state index is 11.5. The first-order valence-electron chi connectivity index (χ1n) is 4.87. The predicted molar refractivity (Wildman–Crippen MR) is 64.5 cm³/mol. The summed E-state index contributed by atoms with van der Waals surface area (Å²) in [6.07, 6.45) is 0. The molecule has 0 saturated heterocycles. The van der Waals surface area contributed by atoms with Crippen LogP contribution in [0.3, 0.4) is 0 Å². The van der Waals surface area contributed by atoms with Gasteiger partial charge in [-0.15, -0.1) is 0 Å². The van der Waals surface area contributed by atoms with Crippen molar-refractivity contribution in [2.24, 2.45) is 5.14 Å². The maximum Gasteiger partial charge on any atom is 0.270 e. The minimum absolute atomic E-state index is 0.150. The number of primary sulfonamides is 1. The van der Waals surface area contributed by atoms with Crippen molar-refractivity contribution < 1.29 is 13.3 Å². The molecule has 0 amide bonds. The third-order valence-electron chi connectivity index (χ3n) is 2.40. The third-order valence-corrected chi connectivity index (χ3v) is 3.35. The number of non-ortho nitro benzene ring substituents is 1. The zero-order chi connectivity index (χ0) is 13.5. The van der Waals surface area contributed by atoms with Gasteiger partial charge in [-0.1, -0.05) is 0 Å². The van der Waals surface area contributed by atoms with Crippen LogP contribution in [0.2, 0.25) is 0 Å². The molecular weight excluding hydrogens is 258 g/mol. The van der Waals surface area contributed by atoms with E-state index in [1.165, 1.54) is 18.2 Å². The Hall–Kier alpha value is -2.06. The van der Waals surface area contributed by atoms with Crippen molar-refractivity contribution in [3.63, 3.8) is 0 Å². The number of sulfonamides is 1. The van der Waals surface area contributed by atoms with Crippen LogP contribution < -0.4 is 5.14 Å². The summed E-state index contributed by atoms with van der Waals surface area (Å²) < 4.78 is 22.9. The molecule has 0 radical (unpaired) electrons. The highest BCUT2D eigenvalue weighted by Gasteiger charge is 2.17. The molecule has 7 nitrogen and oxygen atoms in total. The van der Waals surface area contributed by atoms with Crippen LogP contribution in [0.5, 0.6) is 0 Å². The molecule has 0 unspecified atom stereocenters. The van der Waals surface area contributed by atoms with E-state index in [1.54, 1.807) is 6.92 Å². The molecular formula is C10H9N3O4S. The molecule has 94 valence electrons. The van der Waals surface area contributed by atoms with Crippen LogP contribution in [-0.4, -0.2) is 18.3 Å². The van der Waals surface area contributed by atoms with Crippen LogP contribution in [0, 0.1) is 17.0 Å². The Morgan fingerprint density at radius 2 is 2.00 bits per heavy atom. The van der Waals surface area contributed by atoms with Gasteiger partial charge in [0.15, 0.2) is 0 Å². The first kappa shape index (κ1) is 12.4.